The first-order valence-corrected chi connectivity index (χ1v) is 6.72. The van der Waals surface area contributed by atoms with Crippen molar-refractivity contribution in [2.75, 3.05) is 19.6 Å². The normalized spacial score (nSPS) is 16.8. The quantitative estimate of drug-likeness (QED) is 0.746. The third-order valence-electron chi connectivity index (χ3n) is 3.47. The molecule has 18 heavy (non-hydrogen) atoms. The average Bonchev–Trinajstić information content (AvgIpc) is 2.34. The molecule has 1 aliphatic heterocycles. The lowest BCUT2D eigenvalue weighted by Crippen LogP contribution is -2.41. The van der Waals surface area contributed by atoms with Gasteiger partial charge in [-0.25, -0.2) is 0 Å². The molecular formula is C13H24N2O3. The Labute approximate surface area is 109 Å². The molecule has 1 aliphatic rings. The van der Waals surface area contributed by atoms with Crippen LogP contribution in [0.5, 0.6) is 0 Å². The van der Waals surface area contributed by atoms with Gasteiger partial charge in [-0.1, -0.05) is 0 Å². The van der Waals surface area contributed by atoms with E-state index in [0.717, 1.165) is 32.4 Å². The maximum atomic E-state index is 12.0. The fourth-order valence-electron chi connectivity index (χ4n) is 2.35. The van der Waals surface area contributed by atoms with Gasteiger partial charge in [0.05, 0.1) is 0 Å². The van der Waals surface area contributed by atoms with Crippen molar-refractivity contribution in [3.05, 3.63) is 0 Å². The number of carbonyl (C=O) groups excluding carboxylic acids is 1. The van der Waals surface area contributed by atoms with Gasteiger partial charge in [-0.3, -0.25) is 9.59 Å². The lowest BCUT2D eigenvalue weighted by molar-refractivity contribution is -0.145. The molecule has 1 fully saturated rings. The molecule has 0 radical (unpaired) electrons. The molecule has 0 bridgehead atoms. The summed E-state index contributed by atoms with van der Waals surface area (Å²) in [4.78, 5) is 24.2. The summed E-state index contributed by atoms with van der Waals surface area (Å²) >= 11 is 0. The van der Waals surface area contributed by atoms with Crippen molar-refractivity contribution in [2.24, 2.45) is 5.92 Å². The predicted molar refractivity (Wildman–Crippen MR) is 69.3 cm³/mol. The molecule has 1 amide bonds. The van der Waals surface area contributed by atoms with E-state index in [4.69, 9.17) is 5.11 Å². The van der Waals surface area contributed by atoms with Crippen LogP contribution >= 0.6 is 0 Å². The molecule has 0 aromatic carbocycles. The molecule has 2 N–H and O–H groups in total. The van der Waals surface area contributed by atoms with Crippen molar-refractivity contribution in [3.63, 3.8) is 0 Å². The third kappa shape index (κ3) is 5.04. The van der Waals surface area contributed by atoms with E-state index in [1.807, 2.05) is 13.8 Å². The number of nitrogens with zero attached hydrogens (tertiary/aromatic N) is 1. The Morgan fingerprint density at radius 2 is 1.94 bits per heavy atom. The first-order chi connectivity index (χ1) is 8.50. The summed E-state index contributed by atoms with van der Waals surface area (Å²) in [5, 5.41) is 12.1. The van der Waals surface area contributed by atoms with Crippen LogP contribution in [0.2, 0.25) is 0 Å². The van der Waals surface area contributed by atoms with Crippen LogP contribution in [0.25, 0.3) is 0 Å². The largest absolute Gasteiger partial charge is 0.480 e. The number of hydrogen-bond donors (Lipinski definition) is 2. The van der Waals surface area contributed by atoms with E-state index in [1.54, 1.807) is 0 Å². The van der Waals surface area contributed by atoms with Gasteiger partial charge >= 0.3 is 5.97 Å². The smallest absolute Gasteiger partial charge is 0.323 e. The van der Waals surface area contributed by atoms with Crippen molar-refractivity contribution < 1.29 is 14.7 Å². The third-order valence-corrected chi connectivity index (χ3v) is 3.47. The van der Waals surface area contributed by atoms with Crippen molar-refractivity contribution in [1.82, 2.24) is 10.2 Å². The Kier molecular flexibility index (Phi) is 6.12. The number of amides is 1. The molecular weight excluding hydrogens is 232 g/mol. The molecule has 0 spiro atoms. The highest BCUT2D eigenvalue weighted by Gasteiger charge is 2.21. The minimum atomic E-state index is -0.945. The Bertz CT molecular complexity index is 286. The van der Waals surface area contributed by atoms with E-state index in [1.165, 1.54) is 4.90 Å². The molecule has 104 valence electrons. The lowest BCUT2D eigenvalue weighted by Gasteiger charge is -2.27. The highest BCUT2D eigenvalue weighted by Crippen LogP contribution is 2.18. The molecule has 5 nitrogen and oxygen atoms in total. The van der Waals surface area contributed by atoms with E-state index >= 15 is 0 Å². The zero-order valence-corrected chi connectivity index (χ0v) is 11.3. The zero-order valence-electron chi connectivity index (χ0n) is 11.3. The van der Waals surface area contributed by atoms with Crippen LogP contribution in [0.3, 0.4) is 0 Å². The Morgan fingerprint density at radius 3 is 2.44 bits per heavy atom. The topological polar surface area (TPSA) is 69.6 Å². The maximum absolute atomic E-state index is 12.0. The second kappa shape index (κ2) is 7.36. The van der Waals surface area contributed by atoms with Crippen LogP contribution in [0.15, 0.2) is 0 Å². The van der Waals surface area contributed by atoms with E-state index in [2.05, 4.69) is 5.32 Å². The molecule has 0 unspecified atom stereocenters. The van der Waals surface area contributed by atoms with Crippen LogP contribution < -0.4 is 5.32 Å². The second-order valence-corrected chi connectivity index (χ2v) is 5.24. The van der Waals surface area contributed by atoms with Crippen molar-refractivity contribution in [2.45, 2.75) is 45.6 Å². The van der Waals surface area contributed by atoms with Crippen LogP contribution in [0.1, 0.15) is 39.5 Å². The molecule has 5 heteroatoms. The second-order valence-electron chi connectivity index (χ2n) is 5.24. The summed E-state index contributed by atoms with van der Waals surface area (Å²) in [5.41, 5.74) is 0. The summed E-state index contributed by atoms with van der Waals surface area (Å²) in [6.07, 6.45) is 3.58. The van der Waals surface area contributed by atoms with Gasteiger partial charge in [-0.2, -0.15) is 0 Å². The van der Waals surface area contributed by atoms with Gasteiger partial charge in [0, 0.05) is 12.5 Å². The summed E-state index contributed by atoms with van der Waals surface area (Å²) in [5.74, 6) is -0.376. The molecule has 1 rings (SSSR count). The first-order valence-electron chi connectivity index (χ1n) is 6.72. The fraction of sp³-hybridized carbons (Fsp3) is 0.846. The van der Waals surface area contributed by atoms with Crippen molar-refractivity contribution in [3.8, 4) is 0 Å². The van der Waals surface area contributed by atoms with E-state index in [9.17, 15) is 9.59 Å². The van der Waals surface area contributed by atoms with Crippen LogP contribution in [0, 0.1) is 5.92 Å². The van der Waals surface area contributed by atoms with Crippen LogP contribution in [0.4, 0.5) is 0 Å². The van der Waals surface area contributed by atoms with Crippen LogP contribution in [-0.2, 0) is 9.59 Å². The van der Waals surface area contributed by atoms with Crippen molar-refractivity contribution >= 4 is 11.9 Å². The fourth-order valence-corrected chi connectivity index (χ4v) is 2.35. The average molecular weight is 256 g/mol. The molecule has 0 saturated carbocycles. The molecule has 1 heterocycles. The predicted octanol–water partition coefficient (Wildman–Crippen LogP) is 1.09. The number of carboxylic acids is 1. The Morgan fingerprint density at radius 1 is 1.33 bits per heavy atom. The minimum Gasteiger partial charge on any atom is -0.480 e. The first kappa shape index (κ1) is 15.0. The lowest BCUT2D eigenvalue weighted by atomic mass is 9.93. The SMILES string of the molecule is CC(C)N(CC(=O)O)C(=O)CCC1CCNCC1. The van der Waals surface area contributed by atoms with Crippen molar-refractivity contribution in [1.29, 1.82) is 0 Å². The Balaban J connectivity index is 2.38. The summed E-state index contributed by atoms with van der Waals surface area (Å²) in [7, 11) is 0. The van der Waals surface area contributed by atoms with E-state index in [0.29, 0.717) is 12.3 Å². The number of carboxylic acid groups (broad SMARTS) is 1. The number of piperidine rings is 1. The van der Waals surface area contributed by atoms with Gasteiger partial charge in [0.15, 0.2) is 0 Å². The standard InChI is InChI=1S/C13H24N2O3/c1-10(2)15(9-13(17)18)12(16)4-3-11-5-7-14-8-6-11/h10-11,14H,3-9H2,1-2H3,(H,17,18). The van der Waals surface area contributed by atoms with E-state index in [-0.39, 0.29) is 18.5 Å². The van der Waals surface area contributed by atoms with E-state index < -0.39 is 5.97 Å². The molecule has 0 atom stereocenters. The summed E-state index contributed by atoms with van der Waals surface area (Å²) in [6.45, 7) is 5.57. The number of carbonyl (C=O) groups is 2. The number of rotatable bonds is 6. The highest BCUT2D eigenvalue weighted by molar-refractivity contribution is 5.81. The molecule has 0 aromatic rings. The minimum absolute atomic E-state index is 0.0362. The summed E-state index contributed by atoms with van der Waals surface area (Å²) in [6, 6.07) is -0.0541. The highest BCUT2D eigenvalue weighted by atomic mass is 16.4. The molecule has 1 saturated heterocycles. The van der Waals surface area contributed by atoms with Gasteiger partial charge in [0.1, 0.15) is 6.54 Å². The zero-order chi connectivity index (χ0) is 13.5. The van der Waals surface area contributed by atoms with Crippen LogP contribution in [-0.4, -0.2) is 47.6 Å². The summed E-state index contributed by atoms with van der Waals surface area (Å²) < 4.78 is 0. The van der Waals surface area contributed by atoms with Gasteiger partial charge in [0.25, 0.3) is 0 Å². The Hall–Kier alpha value is -1.10. The maximum Gasteiger partial charge on any atom is 0.323 e. The number of hydrogen-bond acceptors (Lipinski definition) is 3. The molecule has 0 aromatic heterocycles. The van der Waals surface area contributed by atoms with Gasteiger partial charge < -0.3 is 15.3 Å². The number of aliphatic carboxylic acids is 1. The van der Waals surface area contributed by atoms with Gasteiger partial charge in [0.2, 0.25) is 5.91 Å². The van der Waals surface area contributed by atoms with Gasteiger partial charge in [-0.05, 0) is 52.1 Å². The number of nitrogens with one attached hydrogen (secondary N) is 1. The molecule has 0 aliphatic carbocycles. The monoisotopic (exact) mass is 256 g/mol. The van der Waals surface area contributed by atoms with Gasteiger partial charge in [-0.15, -0.1) is 0 Å².